The first-order valence-corrected chi connectivity index (χ1v) is 8.18. The highest BCUT2D eigenvalue weighted by molar-refractivity contribution is 6.36. The molecule has 5 nitrogen and oxygen atoms in total. The number of likely N-dealkylation sites (N-methyl/N-ethyl adjacent to an activating group) is 1. The lowest BCUT2D eigenvalue weighted by Gasteiger charge is -2.21. The number of imide groups is 1. The number of anilines is 1. The van der Waals surface area contributed by atoms with Gasteiger partial charge in [-0.05, 0) is 29.8 Å². The Morgan fingerprint density at radius 1 is 1.00 bits per heavy atom. The number of nitrogens with zero attached hydrogens (tertiary/aromatic N) is 2. The Hall–Kier alpha value is -2.99. The maximum Gasteiger partial charge on any atom is 0.278 e. The molecule has 26 heavy (non-hydrogen) atoms. The van der Waals surface area contributed by atoms with Gasteiger partial charge in [-0.25, -0.2) is 4.39 Å². The number of ether oxygens (including phenoxy) is 1. The summed E-state index contributed by atoms with van der Waals surface area (Å²) >= 11 is 0. The second-order valence-electron chi connectivity index (χ2n) is 5.88. The first-order valence-electron chi connectivity index (χ1n) is 8.18. The highest BCUT2D eigenvalue weighted by Gasteiger charge is 2.40. The molecule has 0 saturated carbocycles. The minimum absolute atomic E-state index is 0.158. The topological polar surface area (TPSA) is 49.9 Å². The quantitative estimate of drug-likeness (QED) is 0.749. The van der Waals surface area contributed by atoms with Crippen molar-refractivity contribution in [1.82, 2.24) is 4.90 Å². The molecule has 0 unspecified atom stereocenters. The van der Waals surface area contributed by atoms with Gasteiger partial charge in [0.15, 0.2) is 0 Å². The maximum absolute atomic E-state index is 13.3. The van der Waals surface area contributed by atoms with Gasteiger partial charge in [-0.3, -0.25) is 14.5 Å². The summed E-state index contributed by atoms with van der Waals surface area (Å²) in [6.45, 7) is 0.404. The van der Waals surface area contributed by atoms with Crippen LogP contribution in [-0.2, 0) is 14.3 Å². The van der Waals surface area contributed by atoms with Gasteiger partial charge in [0.05, 0.1) is 18.7 Å². The van der Waals surface area contributed by atoms with Crippen molar-refractivity contribution in [3.8, 4) is 0 Å². The number of methoxy groups -OCH3 is 1. The largest absolute Gasteiger partial charge is 0.383 e. The molecule has 6 heteroatoms. The number of rotatable bonds is 6. The fourth-order valence-electron chi connectivity index (χ4n) is 2.92. The van der Waals surface area contributed by atoms with Gasteiger partial charge in [-0.1, -0.05) is 30.3 Å². The molecule has 0 radical (unpaired) electrons. The monoisotopic (exact) mass is 354 g/mol. The summed E-state index contributed by atoms with van der Waals surface area (Å²) in [4.78, 5) is 28.7. The molecule has 0 N–H and O–H groups in total. The van der Waals surface area contributed by atoms with Gasteiger partial charge in [-0.2, -0.15) is 0 Å². The SMILES string of the molecule is COCCN1C(=O)C(c2ccc(F)cc2)=C(N(C)c2ccccc2)C1=O. The van der Waals surface area contributed by atoms with Crippen LogP contribution in [0.1, 0.15) is 5.56 Å². The zero-order valence-electron chi connectivity index (χ0n) is 14.6. The molecule has 134 valence electrons. The first-order chi connectivity index (χ1) is 12.5. The van der Waals surface area contributed by atoms with Crippen LogP contribution in [-0.4, -0.2) is 44.0 Å². The standard InChI is InChI=1S/C20H19FN2O3/c1-22(16-6-4-3-5-7-16)18-17(14-8-10-15(21)11-9-14)19(24)23(20(18)25)12-13-26-2/h3-11H,12-13H2,1-2H3. The molecule has 2 aromatic carbocycles. The van der Waals surface area contributed by atoms with Crippen LogP contribution in [0, 0.1) is 5.82 Å². The number of halogens is 1. The molecular formula is C20H19FN2O3. The number of para-hydroxylation sites is 1. The Kier molecular flexibility index (Phi) is 5.14. The minimum Gasteiger partial charge on any atom is -0.383 e. The fourth-order valence-corrected chi connectivity index (χ4v) is 2.92. The minimum atomic E-state index is -0.406. The molecule has 0 bridgehead atoms. The number of amides is 2. The Morgan fingerprint density at radius 2 is 1.65 bits per heavy atom. The highest BCUT2D eigenvalue weighted by Crippen LogP contribution is 2.33. The molecule has 0 saturated heterocycles. The van der Waals surface area contributed by atoms with Gasteiger partial charge in [-0.15, -0.1) is 0 Å². The van der Waals surface area contributed by atoms with Crippen molar-refractivity contribution in [3.63, 3.8) is 0 Å². The van der Waals surface area contributed by atoms with Crippen LogP contribution in [0.5, 0.6) is 0 Å². The van der Waals surface area contributed by atoms with Crippen molar-refractivity contribution >= 4 is 23.1 Å². The summed E-state index contributed by atoms with van der Waals surface area (Å²) in [6, 6.07) is 14.9. The van der Waals surface area contributed by atoms with E-state index in [2.05, 4.69) is 0 Å². The van der Waals surface area contributed by atoms with Crippen molar-refractivity contribution < 1.29 is 18.7 Å². The van der Waals surface area contributed by atoms with Crippen LogP contribution in [0.15, 0.2) is 60.3 Å². The second-order valence-corrected chi connectivity index (χ2v) is 5.88. The molecular weight excluding hydrogens is 335 g/mol. The van der Waals surface area contributed by atoms with E-state index in [0.29, 0.717) is 5.56 Å². The Bertz CT molecular complexity index is 847. The van der Waals surface area contributed by atoms with Gasteiger partial charge >= 0.3 is 0 Å². The third-order valence-electron chi connectivity index (χ3n) is 4.27. The fraction of sp³-hybridized carbons (Fsp3) is 0.200. The van der Waals surface area contributed by atoms with E-state index in [1.807, 2.05) is 30.3 Å². The molecule has 0 aliphatic carbocycles. The van der Waals surface area contributed by atoms with E-state index < -0.39 is 17.6 Å². The van der Waals surface area contributed by atoms with E-state index in [0.717, 1.165) is 10.6 Å². The average Bonchev–Trinajstić information content (AvgIpc) is 2.91. The molecule has 0 fully saturated rings. The van der Waals surface area contributed by atoms with Crippen LogP contribution in [0.4, 0.5) is 10.1 Å². The number of benzene rings is 2. The lowest BCUT2D eigenvalue weighted by atomic mass is 10.0. The zero-order chi connectivity index (χ0) is 18.7. The van der Waals surface area contributed by atoms with Gasteiger partial charge in [0.1, 0.15) is 11.5 Å². The van der Waals surface area contributed by atoms with E-state index in [-0.39, 0.29) is 24.4 Å². The molecule has 0 atom stereocenters. The third-order valence-corrected chi connectivity index (χ3v) is 4.27. The Morgan fingerprint density at radius 3 is 2.27 bits per heavy atom. The summed E-state index contributed by atoms with van der Waals surface area (Å²) in [5.41, 5.74) is 1.81. The van der Waals surface area contributed by atoms with E-state index >= 15 is 0 Å². The van der Waals surface area contributed by atoms with E-state index in [9.17, 15) is 14.0 Å². The lowest BCUT2D eigenvalue weighted by Crippen LogP contribution is -2.36. The number of hydrogen-bond acceptors (Lipinski definition) is 4. The molecule has 1 aliphatic rings. The van der Waals surface area contributed by atoms with Crippen LogP contribution < -0.4 is 4.90 Å². The maximum atomic E-state index is 13.3. The van der Waals surface area contributed by atoms with Crippen LogP contribution in [0.25, 0.3) is 5.57 Å². The van der Waals surface area contributed by atoms with Gasteiger partial charge in [0.25, 0.3) is 11.8 Å². The zero-order valence-corrected chi connectivity index (χ0v) is 14.6. The summed E-state index contributed by atoms with van der Waals surface area (Å²) < 4.78 is 18.3. The molecule has 1 heterocycles. The lowest BCUT2D eigenvalue weighted by molar-refractivity contribution is -0.137. The van der Waals surface area contributed by atoms with Crippen LogP contribution >= 0.6 is 0 Å². The second kappa shape index (κ2) is 7.49. The van der Waals surface area contributed by atoms with Crippen molar-refractivity contribution in [2.75, 3.05) is 32.2 Å². The van der Waals surface area contributed by atoms with Crippen molar-refractivity contribution in [1.29, 1.82) is 0 Å². The summed E-state index contributed by atoms with van der Waals surface area (Å²) in [7, 11) is 3.25. The van der Waals surface area contributed by atoms with E-state index in [1.165, 1.54) is 31.4 Å². The summed E-state index contributed by atoms with van der Waals surface area (Å²) in [5.74, 6) is -1.20. The normalized spacial score (nSPS) is 14.3. The van der Waals surface area contributed by atoms with Crippen molar-refractivity contribution in [3.05, 3.63) is 71.7 Å². The smallest absolute Gasteiger partial charge is 0.278 e. The molecule has 1 aliphatic heterocycles. The summed E-state index contributed by atoms with van der Waals surface area (Å²) in [5, 5.41) is 0. The molecule has 2 aromatic rings. The van der Waals surface area contributed by atoms with Crippen molar-refractivity contribution in [2.24, 2.45) is 0 Å². The predicted molar refractivity (Wildman–Crippen MR) is 96.8 cm³/mol. The van der Waals surface area contributed by atoms with Gasteiger partial charge < -0.3 is 9.64 Å². The average molecular weight is 354 g/mol. The molecule has 2 amide bonds. The van der Waals surface area contributed by atoms with Crippen molar-refractivity contribution in [2.45, 2.75) is 0 Å². The van der Waals surface area contributed by atoms with Gasteiger partial charge in [0, 0.05) is 19.8 Å². The van der Waals surface area contributed by atoms with E-state index in [1.54, 1.807) is 11.9 Å². The van der Waals surface area contributed by atoms with E-state index in [4.69, 9.17) is 4.74 Å². The summed E-state index contributed by atoms with van der Waals surface area (Å²) in [6.07, 6.45) is 0. The Balaban J connectivity index is 2.10. The number of hydrogen-bond donors (Lipinski definition) is 0. The van der Waals surface area contributed by atoms with Crippen LogP contribution in [0.2, 0.25) is 0 Å². The third kappa shape index (κ3) is 3.23. The predicted octanol–water partition coefficient (Wildman–Crippen LogP) is 2.69. The Labute approximate surface area is 151 Å². The number of carbonyl (C=O) groups is 2. The first kappa shape index (κ1) is 17.8. The number of carbonyl (C=O) groups excluding carboxylic acids is 2. The molecule has 3 rings (SSSR count). The molecule has 0 aromatic heterocycles. The molecule has 0 spiro atoms. The van der Waals surface area contributed by atoms with Gasteiger partial charge in [0.2, 0.25) is 0 Å². The highest BCUT2D eigenvalue weighted by atomic mass is 19.1. The van der Waals surface area contributed by atoms with Crippen LogP contribution in [0.3, 0.4) is 0 Å².